The molecule has 3 nitrogen and oxygen atoms in total. The highest BCUT2D eigenvalue weighted by atomic mass is 16.3. The zero-order chi connectivity index (χ0) is 37.7. The molecule has 3 heteroatoms. The lowest BCUT2D eigenvalue weighted by Crippen LogP contribution is -1.96. The van der Waals surface area contributed by atoms with Crippen LogP contribution in [0.5, 0.6) is 0 Å². The third-order valence-electron chi connectivity index (χ3n) is 11.1. The molecule has 9 aromatic carbocycles. The SMILES string of the molecule is c1ccc(-c2ccc(-c3cc(-c4cccc(-c5cccc(-c6ccc7oc8c9ccccc9c9ccccc9c8c7c6)c5)c4)nc(-c4ccccc4)n3)cc2)cc1. The number of nitrogens with zero attached hydrogens (tertiary/aromatic N) is 2. The molecule has 0 atom stereocenters. The quantitative estimate of drug-likeness (QED) is 0.160. The number of benzene rings is 9. The second kappa shape index (κ2) is 13.6. The molecule has 0 saturated carbocycles. The molecule has 0 unspecified atom stereocenters. The molecule has 0 bridgehead atoms. The van der Waals surface area contributed by atoms with E-state index in [9.17, 15) is 0 Å². The van der Waals surface area contributed by atoms with Gasteiger partial charge in [-0.05, 0) is 79.9 Å². The maximum atomic E-state index is 6.60. The van der Waals surface area contributed by atoms with Gasteiger partial charge in [-0.25, -0.2) is 9.97 Å². The predicted molar refractivity (Wildman–Crippen MR) is 237 cm³/mol. The minimum atomic E-state index is 0.700. The van der Waals surface area contributed by atoms with Gasteiger partial charge < -0.3 is 4.42 Å². The van der Waals surface area contributed by atoms with Crippen LogP contribution in [-0.4, -0.2) is 9.97 Å². The Bertz CT molecular complexity index is 3270. The first-order chi connectivity index (χ1) is 28.2. The van der Waals surface area contributed by atoms with Gasteiger partial charge in [-0.15, -0.1) is 0 Å². The maximum absolute atomic E-state index is 6.60. The van der Waals surface area contributed by atoms with Crippen LogP contribution in [0.2, 0.25) is 0 Å². The van der Waals surface area contributed by atoms with Crippen molar-refractivity contribution in [2.75, 3.05) is 0 Å². The highest BCUT2D eigenvalue weighted by Crippen LogP contribution is 2.42. The van der Waals surface area contributed by atoms with Crippen LogP contribution in [0.25, 0.3) is 111 Å². The molecule has 11 aromatic rings. The zero-order valence-corrected chi connectivity index (χ0v) is 30.9. The molecule has 0 fully saturated rings. The molecule has 0 aliphatic heterocycles. The molecule has 11 rings (SSSR count). The Morgan fingerprint density at radius 2 is 0.737 bits per heavy atom. The van der Waals surface area contributed by atoms with Crippen molar-refractivity contribution < 1.29 is 4.42 Å². The summed E-state index contributed by atoms with van der Waals surface area (Å²) in [5, 5.41) is 7.08. The number of rotatable bonds is 6. The van der Waals surface area contributed by atoms with Crippen LogP contribution in [0.15, 0.2) is 211 Å². The first kappa shape index (κ1) is 32.8. The van der Waals surface area contributed by atoms with E-state index in [0.717, 1.165) is 77.7 Å². The van der Waals surface area contributed by atoms with E-state index in [1.54, 1.807) is 0 Å². The number of hydrogen-bond donors (Lipinski definition) is 0. The summed E-state index contributed by atoms with van der Waals surface area (Å²) in [5.41, 5.74) is 13.6. The summed E-state index contributed by atoms with van der Waals surface area (Å²) < 4.78 is 6.60. The van der Waals surface area contributed by atoms with Crippen molar-refractivity contribution in [2.24, 2.45) is 0 Å². The lowest BCUT2D eigenvalue weighted by molar-refractivity contribution is 0.673. The van der Waals surface area contributed by atoms with E-state index in [4.69, 9.17) is 14.4 Å². The molecule has 2 heterocycles. The highest BCUT2D eigenvalue weighted by Gasteiger charge is 2.17. The lowest BCUT2D eigenvalue weighted by Gasteiger charge is -2.12. The van der Waals surface area contributed by atoms with E-state index >= 15 is 0 Å². The maximum Gasteiger partial charge on any atom is 0.160 e. The van der Waals surface area contributed by atoms with Gasteiger partial charge in [0.25, 0.3) is 0 Å². The van der Waals surface area contributed by atoms with E-state index in [1.165, 1.54) is 27.3 Å². The van der Waals surface area contributed by atoms with Crippen LogP contribution >= 0.6 is 0 Å². The standard InChI is InChI=1S/C54H34N2O/c1-3-13-35(14-4-1)36-25-27-37(28-26-36)49-34-50(56-54(55-49)38-15-5-2-6-16-38)43-20-12-19-41(32-43)39-17-11-18-40(31-39)42-29-30-51-48(33-42)52-46-23-9-7-21-44(46)45-22-8-10-24-47(45)53(52)57-51/h1-34H. The van der Waals surface area contributed by atoms with E-state index in [-0.39, 0.29) is 0 Å². The number of furan rings is 1. The molecule has 0 radical (unpaired) electrons. The minimum absolute atomic E-state index is 0.700. The fraction of sp³-hybridized carbons (Fsp3) is 0. The topological polar surface area (TPSA) is 38.9 Å². The monoisotopic (exact) mass is 726 g/mol. The second-order valence-electron chi connectivity index (χ2n) is 14.5. The van der Waals surface area contributed by atoms with Crippen molar-refractivity contribution in [1.82, 2.24) is 9.97 Å². The molecule has 2 aromatic heterocycles. The predicted octanol–water partition coefficient (Wildman–Crippen LogP) is 14.7. The van der Waals surface area contributed by atoms with Gasteiger partial charge in [-0.2, -0.15) is 0 Å². The largest absolute Gasteiger partial charge is 0.455 e. The fourth-order valence-electron chi connectivity index (χ4n) is 8.25. The van der Waals surface area contributed by atoms with E-state index in [2.05, 4.69) is 182 Å². The fourth-order valence-corrected chi connectivity index (χ4v) is 8.25. The molecule has 57 heavy (non-hydrogen) atoms. The highest BCUT2D eigenvalue weighted by molar-refractivity contribution is 6.30. The van der Waals surface area contributed by atoms with Gasteiger partial charge in [-0.1, -0.05) is 176 Å². The first-order valence-electron chi connectivity index (χ1n) is 19.3. The van der Waals surface area contributed by atoms with Crippen LogP contribution in [0.4, 0.5) is 0 Å². The molecule has 266 valence electrons. The van der Waals surface area contributed by atoms with Crippen LogP contribution in [0.1, 0.15) is 0 Å². The van der Waals surface area contributed by atoms with Gasteiger partial charge in [0.05, 0.1) is 11.4 Å². The summed E-state index contributed by atoms with van der Waals surface area (Å²) in [6.45, 7) is 0. The molecular formula is C54H34N2O. The van der Waals surface area contributed by atoms with Gasteiger partial charge in [0.2, 0.25) is 0 Å². The van der Waals surface area contributed by atoms with Crippen LogP contribution in [-0.2, 0) is 0 Å². The van der Waals surface area contributed by atoms with Crippen molar-refractivity contribution in [1.29, 1.82) is 0 Å². The number of fused-ring (bicyclic) bond motifs is 8. The smallest absolute Gasteiger partial charge is 0.160 e. The van der Waals surface area contributed by atoms with Gasteiger partial charge in [0, 0.05) is 32.8 Å². The summed E-state index contributed by atoms with van der Waals surface area (Å²) in [6.07, 6.45) is 0. The summed E-state index contributed by atoms with van der Waals surface area (Å²) in [5.74, 6) is 0.700. The van der Waals surface area contributed by atoms with E-state index in [0.29, 0.717) is 5.82 Å². The summed E-state index contributed by atoms with van der Waals surface area (Å²) in [4.78, 5) is 10.2. The average Bonchev–Trinajstić information content (AvgIpc) is 3.69. The Hall–Kier alpha value is -7.62. The van der Waals surface area contributed by atoms with Crippen LogP contribution in [0, 0.1) is 0 Å². The number of hydrogen-bond acceptors (Lipinski definition) is 3. The third kappa shape index (κ3) is 5.85. The molecule has 0 N–H and O–H groups in total. The Morgan fingerprint density at radius 3 is 1.42 bits per heavy atom. The Morgan fingerprint density at radius 1 is 0.281 bits per heavy atom. The van der Waals surface area contributed by atoms with Crippen molar-refractivity contribution in [3.8, 4) is 67.3 Å². The van der Waals surface area contributed by atoms with Crippen molar-refractivity contribution in [3.63, 3.8) is 0 Å². The summed E-state index contributed by atoms with van der Waals surface area (Å²) >= 11 is 0. The van der Waals surface area contributed by atoms with E-state index in [1.807, 2.05) is 24.3 Å². The lowest BCUT2D eigenvalue weighted by atomic mass is 9.94. The zero-order valence-electron chi connectivity index (χ0n) is 30.9. The van der Waals surface area contributed by atoms with Crippen LogP contribution in [0.3, 0.4) is 0 Å². The van der Waals surface area contributed by atoms with Gasteiger partial charge in [0.1, 0.15) is 11.2 Å². The van der Waals surface area contributed by atoms with Crippen molar-refractivity contribution in [3.05, 3.63) is 206 Å². The summed E-state index contributed by atoms with van der Waals surface area (Å²) in [6, 6.07) is 72.7. The number of aromatic nitrogens is 2. The Labute approximate surface area is 330 Å². The van der Waals surface area contributed by atoms with E-state index < -0.39 is 0 Å². The Kier molecular flexibility index (Phi) is 7.82. The molecular weight excluding hydrogens is 693 g/mol. The van der Waals surface area contributed by atoms with Crippen LogP contribution < -0.4 is 0 Å². The third-order valence-corrected chi connectivity index (χ3v) is 11.1. The normalized spacial score (nSPS) is 11.5. The van der Waals surface area contributed by atoms with Crippen molar-refractivity contribution >= 4 is 43.5 Å². The average molecular weight is 727 g/mol. The molecule has 0 saturated heterocycles. The van der Waals surface area contributed by atoms with Gasteiger partial charge in [-0.3, -0.25) is 0 Å². The van der Waals surface area contributed by atoms with Gasteiger partial charge >= 0.3 is 0 Å². The molecule has 0 spiro atoms. The van der Waals surface area contributed by atoms with Crippen molar-refractivity contribution in [2.45, 2.75) is 0 Å². The minimum Gasteiger partial charge on any atom is -0.455 e. The summed E-state index contributed by atoms with van der Waals surface area (Å²) in [7, 11) is 0. The molecule has 0 aliphatic carbocycles. The first-order valence-corrected chi connectivity index (χ1v) is 19.3. The Balaban J connectivity index is 0.987. The molecule has 0 aliphatic rings. The second-order valence-corrected chi connectivity index (χ2v) is 14.5. The molecule has 0 amide bonds. The van der Waals surface area contributed by atoms with Gasteiger partial charge in [0.15, 0.2) is 5.82 Å².